The van der Waals surface area contributed by atoms with Crippen LogP contribution in [0.1, 0.15) is 20.8 Å². The van der Waals surface area contributed by atoms with Crippen molar-refractivity contribution < 1.29 is 168 Å². The molecule has 7 saturated heterocycles. The fraction of sp³-hybridized carbons (Fsp3) is 0.956. The van der Waals surface area contributed by atoms with E-state index in [0.717, 1.165) is 13.8 Å². The molecule has 7 aliphatic rings. The minimum atomic E-state index is -2.26. The fourth-order valence-corrected chi connectivity index (χ4v) is 10.4. The second kappa shape index (κ2) is 28.4. The number of aliphatic hydroxyl groups is 19. The van der Waals surface area contributed by atoms with Gasteiger partial charge in [-0.05, 0) is 6.92 Å². The van der Waals surface area contributed by atoms with Crippen LogP contribution in [0, 0.1) is 0 Å². The molecule has 7 fully saturated rings. The van der Waals surface area contributed by atoms with E-state index in [-0.39, 0.29) is 0 Å². The van der Waals surface area contributed by atoms with Gasteiger partial charge in [-0.3, -0.25) is 9.59 Å². The van der Waals surface area contributed by atoms with E-state index >= 15 is 0 Å². The molecule has 0 aliphatic carbocycles. The SMILES string of the molecule is CC(=O)N[C@H]1[C@H](O[C@H]2[C@H](O[C@@H]3O[C@@H](C)[C@@H](O)[C@@H](O)[C@@H]3O)[C@@H](NC(C)=O)C(O)O[C@@H]2CO)O[C@H](CO)[C@@H](O[C@@H]2O[C@H](CO[C@H]3O[C@H](CO)[C@@H](O)[C@H](O)[C@@H]3O)[C@@H](O)[C@H](O[C@H]3O[C@H](CO)[C@@H](O)[C@H](O)[C@@H]3O)[C@@H]2O[C@@H]2O[C@H](CO)[C@H](O)[C@H]2O)[C@@H]1O. The summed E-state index contributed by atoms with van der Waals surface area (Å²) < 4.78 is 76.5. The summed E-state index contributed by atoms with van der Waals surface area (Å²) in [5, 5.41) is 210. The Kier molecular flexibility index (Phi) is 23.2. The number of ether oxygens (including phenoxy) is 13. The Morgan fingerprint density at radius 3 is 1.26 bits per heavy atom. The molecule has 34 atom stereocenters. The van der Waals surface area contributed by atoms with Crippen LogP contribution >= 0.6 is 0 Å². The lowest BCUT2D eigenvalue weighted by Crippen LogP contribution is -2.71. The van der Waals surface area contributed by atoms with Gasteiger partial charge >= 0.3 is 0 Å². The summed E-state index contributed by atoms with van der Waals surface area (Å²) in [5.74, 6) is -1.70. The fourth-order valence-electron chi connectivity index (χ4n) is 10.4. The number of carbonyl (C=O) groups is 2. The van der Waals surface area contributed by atoms with E-state index in [1.165, 1.54) is 6.92 Å². The first-order valence-corrected chi connectivity index (χ1v) is 25.9. The summed E-state index contributed by atoms with van der Waals surface area (Å²) in [6.07, 6.45) is -61.5. The van der Waals surface area contributed by atoms with Gasteiger partial charge in [0.15, 0.2) is 44.0 Å². The number of hydrogen-bond donors (Lipinski definition) is 21. The van der Waals surface area contributed by atoms with E-state index in [4.69, 9.17) is 61.6 Å². The van der Waals surface area contributed by atoms with Gasteiger partial charge in [0.25, 0.3) is 0 Å². The normalized spacial score (nSPS) is 50.7. The van der Waals surface area contributed by atoms with Gasteiger partial charge in [-0.25, -0.2) is 0 Å². The van der Waals surface area contributed by atoms with Crippen molar-refractivity contribution in [3.63, 3.8) is 0 Å². The molecule has 0 aromatic rings. The van der Waals surface area contributed by atoms with Gasteiger partial charge in [-0.15, -0.1) is 0 Å². The molecule has 21 N–H and O–H groups in total. The van der Waals surface area contributed by atoms with Gasteiger partial charge in [0, 0.05) is 13.8 Å². The van der Waals surface area contributed by atoms with Crippen molar-refractivity contribution in [2.24, 2.45) is 0 Å². The van der Waals surface area contributed by atoms with Gasteiger partial charge in [0.05, 0.1) is 45.7 Å². The molecule has 7 rings (SSSR count). The molecule has 81 heavy (non-hydrogen) atoms. The van der Waals surface area contributed by atoms with Crippen molar-refractivity contribution in [2.75, 3.05) is 39.6 Å². The molecule has 1 unspecified atom stereocenters. The molecule has 0 bridgehead atoms. The maximum atomic E-state index is 13.0. The Morgan fingerprint density at radius 2 is 0.728 bits per heavy atom. The molecule has 0 radical (unpaired) electrons. The number of hydrogen-bond acceptors (Lipinski definition) is 34. The predicted octanol–water partition coefficient (Wildman–Crippen LogP) is -14.3. The largest absolute Gasteiger partial charge is 0.394 e. The summed E-state index contributed by atoms with van der Waals surface area (Å²) in [6, 6.07) is -3.57. The van der Waals surface area contributed by atoms with Crippen molar-refractivity contribution in [3.8, 4) is 0 Å². The average molecular weight is 1190 g/mol. The zero-order chi connectivity index (χ0) is 59.6. The molecular weight excluding hydrogens is 1110 g/mol. The van der Waals surface area contributed by atoms with Crippen molar-refractivity contribution in [3.05, 3.63) is 0 Å². The Hall–Kier alpha value is -2.34. The third-order valence-electron chi connectivity index (χ3n) is 14.9. The number of nitrogens with one attached hydrogen (secondary N) is 2. The van der Waals surface area contributed by atoms with Crippen molar-refractivity contribution in [2.45, 2.75) is 229 Å². The van der Waals surface area contributed by atoms with Crippen LogP contribution in [0.15, 0.2) is 0 Å². The monoisotopic (exact) mass is 1190 g/mol. The second-order valence-electron chi connectivity index (χ2n) is 20.6. The second-order valence-corrected chi connectivity index (χ2v) is 20.6. The van der Waals surface area contributed by atoms with Crippen LogP contribution < -0.4 is 10.6 Å². The molecule has 0 spiro atoms. The molecule has 2 amide bonds. The van der Waals surface area contributed by atoms with E-state index in [0.29, 0.717) is 0 Å². The third-order valence-corrected chi connectivity index (χ3v) is 14.9. The van der Waals surface area contributed by atoms with Crippen LogP contribution in [0.3, 0.4) is 0 Å². The lowest BCUT2D eigenvalue weighted by Gasteiger charge is -2.51. The van der Waals surface area contributed by atoms with Gasteiger partial charge < -0.3 is 169 Å². The summed E-state index contributed by atoms with van der Waals surface area (Å²) in [5.41, 5.74) is 0. The summed E-state index contributed by atoms with van der Waals surface area (Å²) >= 11 is 0. The first-order chi connectivity index (χ1) is 38.3. The third kappa shape index (κ3) is 14.2. The summed E-state index contributed by atoms with van der Waals surface area (Å²) in [4.78, 5) is 25.5. The Bertz CT molecular complexity index is 1990. The van der Waals surface area contributed by atoms with Crippen LogP contribution in [-0.4, -0.2) is 357 Å². The highest BCUT2D eigenvalue weighted by molar-refractivity contribution is 5.73. The van der Waals surface area contributed by atoms with Crippen LogP contribution in [0.4, 0.5) is 0 Å². The van der Waals surface area contributed by atoms with E-state index in [9.17, 15) is 107 Å². The smallest absolute Gasteiger partial charge is 0.217 e. The zero-order valence-corrected chi connectivity index (χ0v) is 43.5. The maximum Gasteiger partial charge on any atom is 0.217 e. The maximum absolute atomic E-state index is 13.0. The lowest BCUT2D eigenvalue weighted by molar-refractivity contribution is -0.399. The number of rotatable bonds is 20. The van der Waals surface area contributed by atoms with Gasteiger partial charge in [-0.2, -0.15) is 0 Å². The standard InChI is InChI=1S/C45H76N2O34/c1-10-21(55)27(61)32(66)42(70-10)79-36-20(47-12(3)54)39(68)71-17(8-52)35(36)78-40-19(46-11(2)53)26(60)34(16(7-51)75-40)77-45-38(81-43-30(64)24(58)15(6-50)74-43)37(80-44-33(67)29(63)23(57)14(5-49)73-44)25(59)18(76-45)9-69-41-31(65)28(62)22(56)13(4-48)72-41/h10,13-45,48-52,55-68H,4-9H2,1-3H3,(H,46,53)(H,47,54)/t10-,13+,14+,15+,16+,17+,18+,19+,20+,21+,22+,23+,24-,25+,26+,27+,28-,29-,30+,31-,32-,33-,34+,35+,36+,37-,38-,39?,40-,41-,42-,43-,44+,45-/m0/s1. The summed E-state index contributed by atoms with van der Waals surface area (Å²) in [7, 11) is 0. The molecule has 470 valence electrons. The first-order valence-electron chi connectivity index (χ1n) is 25.9. The van der Waals surface area contributed by atoms with E-state index < -0.39 is 260 Å². The molecule has 7 aliphatic heterocycles. The van der Waals surface area contributed by atoms with Gasteiger partial charge in [0.2, 0.25) is 11.8 Å². The molecule has 0 aromatic carbocycles. The first kappa shape index (κ1) is 66.2. The van der Waals surface area contributed by atoms with Crippen LogP contribution in [0.5, 0.6) is 0 Å². The van der Waals surface area contributed by atoms with Crippen LogP contribution in [-0.2, 0) is 71.2 Å². The quantitative estimate of drug-likeness (QED) is 0.0538. The molecule has 36 nitrogen and oxygen atoms in total. The zero-order valence-electron chi connectivity index (χ0n) is 43.5. The lowest BCUT2D eigenvalue weighted by atomic mass is 9.93. The van der Waals surface area contributed by atoms with Crippen LogP contribution in [0.25, 0.3) is 0 Å². The highest BCUT2D eigenvalue weighted by Crippen LogP contribution is 2.39. The van der Waals surface area contributed by atoms with Gasteiger partial charge in [0.1, 0.15) is 159 Å². The average Bonchev–Trinajstić information content (AvgIpc) is 3.82. The molecule has 0 aromatic heterocycles. The minimum Gasteiger partial charge on any atom is -0.394 e. The van der Waals surface area contributed by atoms with Crippen LogP contribution in [0.2, 0.25) is 0 Å². The van der Waals surface area contributed by atoms with E-state index in [2.05, 4.69) is 10.6 Å². The van der Waals surface area contributed by atoms with E-state index in [1.807, 2.05) is 0 Å². The number of carbonyl (C=O) groups excluding carboxylic acids is 2. The van der Waals surface area contributed by atoms with Crippen molar-refractivity contribution >= 4 is 11.8 Å². The molecule has 7 heterocycles. The Labute approximate surface area is 459 Å². The summed E-state index contributed by atoms with van der Waals surface area (Å²) in [6.45, 7) is -2.59. The highest BCUT2D eigenvalue weighted by Gasteiger charge is 2.59. The molecular formula is C45H76N2O34. The Balaban J connectivity index is 1.25. The van der Waals surface area contributed by atoms with E-state index in [1.54, 1.807) is 0 Å². The number of aliphatic hydroxyl groups excluding tert-OH is 19. The Morgan fingerprint density at radius 1 is 0.346 bits per heavy atom. The highest BCUT2D eigenvalue weighted by atomic mass is 16.8. The molecule has 0 saturated carbocycles. The van der Waals surface area contributed by atoms with Crippen molar-refractivity contribution in [1.82, 2.24) is 10.6 Å². The topological polar surface area (TPSA) is 563 Å². The van der Waals surface area contributed by atoms with Crippen molar-refractivity contribution in [1.29, 1.82) is 0 Å². The number of amides is 2. The minimum absolute atomic E-state index is 0.797. The molecule has 36 heteroatoms. The van der Waals surface area contributed by atoms with Gasteiger partial charge in [-0.1, -0.05) is 0 Å². The predicted molar refractivity (Wildman–Crippen MR) is 248 cm³/mol.